The lowest BCUT2D eigenvalue weighted by atomic mass is 10.2. The molecule has 2 rings (SSSR count). The Hall–Kier alpha value is -2.09. The van der Waals surface area contributed by atoms with Crippen LogP contribution in [0.15, 0.2) is 53.4 Å². The van der Waals surface area contributed by atoms with Gasteiger partial charge < -0.3 is 10.1 Å². The maximum Gasteiger partial charge on any atom is 0.251 e. The zero-order chi connectivity index (χ0) is 16.9. The monoisotopic (exact) mass is 354 g/mol. The molecule has 1 amide bonds. The van der Waals surface area contributed by atoms with Crippen molar-refractivity contribution in [3.8, 4) is 5.75 Å². The predicted octanol–water partition coefficient (Wildman–Crippen LogP) is 1.80. The van der Waals surface area contributed by atoms with E-state index in [-0.39, 0.29) is 10.8 Å². The summed E-state index contributed by atoms with van der Waals surface area (Å²) in [6.07, 6.45) is 0. The van der Waals surface area contributed by atoms with Crippen molar-refractivity contribution in [2.24, 2.45) is 5.14 Å². The van der Waals surface area contributed by atoms with Gasteiger partial charge in [-0.1, -0.05) is 11.6 Å². The molecule has 0 unspecified atom stereocenters. The molecule has 2 aromatic carbocycles. The van der Waals surface area contributed by atoms with Gasteiger partial charge in [0.2, 0.25) is 10.0 Å². The first kappa shape index (κ1) is 17.3. The summed E-state index contributed by atoms with van der Waals surface area (Å²) in [5, 5.41) is 8.28. The number of benzene rings is 2. The summed E-state index contributed by atoms with van der Waals surface area (Å²) in [6, 6.07) is 12.3. The number of hydrogen-bond donors (Lipinski definition) is 2. The van der Waals surface area contributed by atoms with E-state index in [0.29, 0.717) is 29.5 Å². The Morgan fingerprint density at radius 2 is 1.70 bits per heavy atom. The molecule has 0 radical (unpaired) electrons. The van der Waals surface area contributed by atoms with E-state index < -0.39 is 10.0 Å². The first-order valence-corrected chi connectivity index (χ1v) is 8.58. The van der Waals surface area contributed by atoms with Crippen LogP contribution in [0.1, 0.15) is 10.4 Å². The van der Waals surface area contributed by atoms with Crippen molar-refractivity contribution in [2.45, 2.75) is 4.90 Å². The van der Waals surface area contributed by atoms with Crippen LogP contribution in [0.5, 0.6) is 5.75 Å². The fourth-order valence-corrected chi connectivity index (χ4v) is 2.40. The molecule has 122 valence electrons. The molecule has 0 aliphatic rings. The second-order valence-corrected chi connectivity index (χ2v) is 6.63. The minimum Gasteiger partial charge on any atom is -0.492 e. The Kier molecular flexibility index (Phi) is 5.59. The average Bonchev–Trinajstić information content (AvgIpc) is 2.52. The molecule has 0 aliphatic carbocycles. The van der Waals surface area contributed by atoms with Gasteiger partial charge in [-0.25, -0.2) is 13.6 Å². The molecular formula is C15H15ClN2O4S. The Morgan fingerprint density at radius 3 is 2.26 bits per heavy atom. The number of nitrogens with two attached hydrogens (primary N) is 1. The zero-order valence-electron chi connectivity index (χ0n) is 12.0. The first-order chi connectivity index (χ1) is 10.9. The number of nitrogens with one attached hydrogen (secondary N) is 1. The molecule has 2 aromatic rings. The molecule has 0 saturated heterocycles. The molecule has 0 atom stereocenters. The van der Waals surface area contributed by atoms with Crippen LogP contribution < -0.4 is 15.2 Å². The maximum atomic E-state index is 11.9. The number of hydrogen-bond acceptors (Lipinski definition) is 4. The molecule has 0 fully saturated rings. The molecule has 0 aliphatic heterocycles. The van der Waals surface area contributed by atoms with Crippen LogP contribution in [0.3, 0.4) is 0 Å². The minimum absolute atomic E-state index is 0.0416. The van der Waals surface area contributed by atoms with E-state index in [1.54, 1.807) is 24.3 Å². The highest BCUT2D eigenvalue weighted by Gasteiger charge is 2.09. The van der Waals surface area contributed by atoms with Gasteiger partial charge >= 0.3 is 0 Å². The van der Waals surface area contributed by atoms with E-state index in [1.165, 1.54) is 24.3 Å². The number of carbonyl (C=O) groups excluding carboxylic acids is 1. The summed E-state index contributed by atoms with van der Waals surface area (Å²) in [7, 11) is -3.76. The van der Waals surface area contributed by atoms with Gasteiger partial charge in [-0.05, 0) is 48.5 Å². The van der Waals surface area contributed by atoms with Crippen molar-refractivity contribution in [3.63, 3.8) is 0 Å². The van der Waals surface area contributed by atoms with Crippen LogP contribution in [-0.4, -0.2) is 27.5 Å². The minimum atomic E-state index is -3.76. The Morgan fingerprint density at radius 1 is 1.09 bits per heavy atom. The van der Waals surface area contributed by atoms with Gasteiger partial charge in [0.25, 0.3) is 5.91 Å². The van der Waals surface area contributed by atoms with E-state index in [4.69, 9.17) is 21.5 Å². The summed E-state index contributed by atoms with van der Waals surface area (Å²) >= 11 is 5.76. The summed E-state index contributed by atoms with van der Waals surface area (Å²) in [4.78, 5) is 11.9. The second kappa shape index (κ2) is 7.45. The standard InChI is InChI=1S/C15H15ClN2O4S/c16-12-3-5-13(6-4-12)22-10-9-18-15(19)11-1-7-14(8-2-11)23(17,20)21/h1-8H,9-10H2,(H,18,19)(H2,17,20,21). The molecule has 6 nitrogen and oxygen atoms in total. The van der Waals surface area contributed by atoms with Crippen molar-refractivity contribution < 1.29 is 17.9 Å². The smallest absolute Gasteiger partial charge is 0.251 e. The Balaban J connectivity index is 1.81. The van der Waals surface area contributed by atoms with Gasteiger partial charge in [0, 0.05) is 10.6 Å². The fraction of sp³-hybridized carbons (Fsp3) is 0.133. The lowest BCUT2D eigenvalue weighted by Gasteiger charge is -2.08. The number of sulfonamides is 1. The zero-order valence-corrected chi connectivity index (χ0v) is 13.6. The van der Waals surface area contributed by atoms with E-state index in [0.717, 1.165) is 0 Å². The summed E-state index contributed by atoms with van der Waals surface area (Å²) < 4.78 is 27.7. The molecule has 8 heteroatoms. The van der Waals surface area contributed by atoms with Gasteiger partial charge in [0.1, 0.15) is 12.4 Å². The van der Waals surface area contributed by atoms with Crippen LogP contribution in [0, 0.1) is 0 Å². The van der Waals surface area contributed by atoms with E-state index in [2.05, 4.69) is 5.32 Å². The molecule has 0 spiro atoms. The second-order valence-electron chi connectivity index (χ2n) is 4.63. The fourth-order valence-electron chi connectivity index (χ4n) is 1.76. The number of rotatable bonds is 6. The third kappa shape index (κ3) is 5.24. The van der Waals surface area contributed by atoms with Gasteiger partial charge in [-0.15, -0.1) is 0 Å². The Labute approximate surface area is 139 Å². The summed E-state index contributed by atoms with van der Waals surface area (Å²) in [5.74, 6) is 0.326. The summed E-state index contributed by atoms with van der Waals surface area (Å²) in [5.41, 5.74) is 0.337. The molecule has 0 heterocycles. The van der Waals surface area contributed by atoms with Gasteiger partial charge in [0.05, 0.1) is 11.4 Å². The van der Waals surface area contributed by atoms with E-state index in [1.807, 2.05) is 0 Å². The van der Waals surface area contributed by atoms with Gasteiger partial charge in [-0.2, -0.15) is 0 Å². The van der Waals surface area contributed by atoms with E-state index in [9.17, 15) is 13.2 Å². The van der Waals surface area contributed by atoms with Gasteiger partial charge in [0.15, 0.2) is 0 Å². The average molecular weight is 355 g/mol. The van der Waals surface area contributed by atoms with Crippen molar-refractivity contribution in [1.82, 2.24) is 5.32 Å². The van der Waals surface area contributed by atoms with Crippen molar-refractivity contribution in [3.05, 3.63) is 59.1 Å². The molecule has 0 bridgehead atoms. The van der Waals surface area contributed by atoms with Crippen LogP contribution in [0.2, 0.25) is 5.02 Å². The van der Waals surface area contributed by atoms with Crippen LogP contribution in [0.4, 0.5) is 0 Å². The molecule has 0 saturated carbocycles. The third-order valence-electron chi connectivity index (χ3n) is 2.92. The molecular weight excluding hydrogens is 340 g/mol. The Bertz CT molecular complexity index is 774. The summed E-state index contributed by atoms with van der Waals surface area (Å²) in [6.45, 7) is 0.598. The highest BCUT2D eigenvalue weighted by atomic mass is 35.5. The SMILES string of the molecule is NS(=O)(=O)c1ccc(C(=O)NCCOc2ccc(Cl)cc2)cc1. The quantitative estimate of drug-likeness (QED) is 0.772. The highest BCUT2D eigenvalue weighted by molar-refractivity contribution is 7.89. The third-order valence-corrected chi connectivity index (χ3v) is 4.10. The van der Waals surface area contributed by atoms with Gasteiger partial charge in [-0.3, -0.25) is 4.79 Å². The number of amides is 1. The number of primary sulfonamides is 1. The topological polar surface area (TPSA) is 98.5 Å². The molecule has 0 aromatic heterocycles. The maximum absolute atomic E-state index is 11.9. The van der Waals surface area contributed by atoms with Crippen molar-refractivity contribution in [1.29, 1.82) is 0 Å². The lowest BCUT2D eigenvalue weighted by Crippen LogP contribution is -2.28. The normalized spacial score (nSPS) is 11.0. The van der Waals surface area contributed by atoms with Crippen LogP contribution in [0.25, 0.3) is 0 Å². The largest absolute Gasteiger partial charge is 0.492 e. The number of ether oxygens (including phenoxy) is 1. The van der Waals surface area contributed by atoms with Crippen LogP contribution in [-0.2, 0) is 10.0 Å². The van der Waals surface area contributed by atoms with Crippen LogP contribution >= 0.6 is 11.6 Å². The van der Waals surface area contributed by atoms with Crippen molar-refractivity contribution >= 4 is 27.5 Å². The molecule has 3 N–H and O–H groups in total. The number of carbonyl (C=O) groups is 1. The highest BCUT2D eigenvalue weighted by Crippen LogP contribution is 2.15. The molecule has 23 heavy (non-hydrogen) atoms. The predicted molar refractivity (Wildman–Crippen MR) is 87.1 cm³/mol. The number of halogens is 1. The lowest BCUT2D eigenvalue weighted by molar-refractivity contribution is 0.0947. The first-order valence-electron chi connectivity index (χ1n) is 6.66. The van der Waals surface area contributed by atoms with E-state index >= 15 is 0 Å². The van der Waals surface area contributed by atoms with Crippen molar-refractivity contribution in [2.75, 3.05) is 13.2 Å².